The second kappa shape index (κ2) is 9.39. The molecule has 1 amide bonds. The van der Waals surface area contributed by atoms with E-state index in [2.05, 4.69) is 15.3 Å². The van der Waals surface area contributed by atoms with E-state index in [0.717, 1.165) is 13.0 Å². The minimum Gasteiger partial charge on any atom is -0.488 e. The van der Waals surface area contributed by atoms with Gasteiger partial charge < -0.3 is 24.4 Å². The zero-order valence-corrected chi connectivity index (χ0v) is 14.5. The molecule has 2 rings (SSSR count). The predicted octanol–water partition coefficient (Wildman–Crippen LogP) is 0.404. The highest BCUT2D eigenvalue weighted by Crippen LogP contribution is 2.19. The molecule has 0 aromatic rings. The van der Waals surface area contributed by atoms with Crippen molar-refractivity contribution in [1.29, 1.82) is 0 Å². The molecule has 0 bridgehead atoms. The molecule has 0 saturated carbocycles. The first kappa shape index (κ1) is 18.4. The van der Waals surface area contributed by atoms with Gasteiger partial charge >= 0.3 is 0 Å². The quantitative estimate of drug-likeness (QED) is 0.615. The summed E-state index contributed by atoms with van der Waals surface area (Å²) in [7, 11) is 3.34. The standard InChI is InChI=1S/C16H26N4O4/c1-4-24-13-10-12-11-17-16(19-14(12)18-15(13)21)20(7-9-23-3)6-5-8-22-2/h10-12,14H,4-9H2,1-3H3,(H,18,21). The summed E-state index contributed by atoms with van der Waals surface area (Å²) in [6, 6.07) is 0. The molecule has 0 aromatic heterocycles. The zero-order valence-electron chi connectivity index (χ0n) is 14.5. The molecular formula is C16H26N4O4. The van der Waals surface area contributed by atoms with E-state index in [1.165, 1.54) is 0 Å². The summed E-state index contributed by atoms with van der Waals surface area (Å²) < 4.78 is 15.6. The van der Waals surface area contributed by atoms with Gasteiger partial charge in [0.25, 0.3) is 5.91 Å². The summed E-state index contributed by atoms with van der Waals surface area (Å²) in [5.74, 6) is 0.619. The highest BCUT2D eigenvalue weighted by atomic mass is 16.5. The number of hydrogen-bond acceptors (Lipinski definition) is 7. The molecule has 2 aliphatic heterocycles. The van der Waals surface area contributed by atoms with E-state index >= 15 is 0 Å². The maximum absolute atomic E-state index is 12.0. The van der Waals surface area contributed by atoms with Crippen LogP contribution in [0.15, 0.2) is 21.8 Å². The summed E-state index contributed by atoms with van der Waals surface area (Å²) in [5, 5.41) is 2.87. The van der Waals surface area contributed by atoms with Crippen molar-refractivity contribution < 1.29 is 19.0 Å². The molecule has 0 fully saturated rings. The van der Waals surface area contributed by atoms with Crippen molar-refractivity contribution >= 4 is 18.1 Å². The van der Waals surface area contributed by atoms with Gasteiger partial charge in [0.1, 0.15) is 6.17 Å². The Balaban J connectivity index is 2.07. The van der Waals surface area contributed by atoms with Gasteiger partial charge in [0.05, 0.1) is 19.1 Å². The molecule has 24 heavy (non-hydrogen) atoms. The first-order chi connectivity index (χ1) is 11.7. The van der Waals surface area contributed by atoms with Crippen LogP contribution in [0.5, 0.6) is 0 Å². The third-order valence-electron chi connectivity index (χ3n) is 3.75. The molecule has 0 aliphatic carbocycles. The average molecular weight is 338 g/mol. The van der Waals surface area contributed by atoms with Gasteiger partial charge in [-0.3, -0.25) is 4.79 Å². The van der Waals surface area contributed by atoms with E-state index < -0.39 is 0 Å². The minimum atomic E-state index is -0.346. The third kappa shape index (κ3) is 4.78. The summed E-state index contributed by atoms with van der Waals surface area (Å²) in [4.78, 5) is 23.1. The topological polar surface area (TPSA) is 84.8 Å². The van der Waals surface area contributed by atoms with E-state index in [4.69, 9.17) is 14.2 Å². The third-order valence-corrected chi connectivity index (χ3v) is 3.75. The smallest absolute Gasteiger partial charge is 0.287 e. The van der Waals surface area contributed by atoms with Crippen molar-refractivity contribution in [2.24, 2.45) is 15.9 Å². The fraction of sp³-hybridized carbons (Fsp3) is 0.688. The number of carbonyl (C=O) groups excluding carboxylic acids is 1. The molecule has 0 saturated heterocycles. The van der Waals surface area contributed by atoms with Crippen LogP contribution in [0.25, 0.3) is 0 Å². The molecule has 0 aromatic carbocycles. The Morgan fingerprint density at radius 2 is 2.04 bits per heavy atom. The van der Waals surface area contributed by atoms with Crippen LogP contribution >= 0.6 is 0 Å². The van der Waals surface area contributed by atoms with Crippen molar-refractivity contribution in [2.75, 3.05) is 47.1 Å². The second-order valence-electron chi connectivity index (χ2n) is 5.49. The lowest BCUT2D eigenvalue weighted by atomic mass is 10.0. The maximum atomic E-state index is 12.0. The Morgan fingerprint density at radius 1 is 1.25 bits per heavy atom. The Morgan fingerprint density at radius 3 is 2.75 bits per heavy atom. The lowest BCUT2D eigenvalue weighted by Gasteiger charge is -2.31. The number of carbonyl (C=O) groups is 1. The fourth-order valence-electron chi connectivity index (χ4n) is 2.54. The molecule has 8 nitrogen and oxygen atoms in total. The van der Waals surface area contributed by atoms with E-state index in [9.17, 15) is 4.79 Å². The largest absolute Gasteiger partial charge is 0.488 e. The van der Waals surface area contributed by atoms with Crippen LogP contribution in [0.1, 0.15) is 13.3 Å². The second-order valence-corrected chi connectivity index (χ2v) is 5.49. The number of hydrogen-bond donors (Lipinski definition) is 1. The SMILES string of the molecule is CCOC1=CC2C=NC(N(CCCOC)CCOC)=NC2NC1=O. The Kier molecular flexibility index (Phi) is 7.20. The number of amides is 1. The number of guanidine groups is 1. The molecule has 8 heteroatoms. The van der Waals surface area contributed by atoms with Crippen LogP contribution in [0.4, 0.5) is 0 Å². The van der Waals surface area contributed by atoms with Gasteiger partial charge in [0.2, 0.25) is 5.96 Å². The van der Waals surface area contributed by atoms with Crippen LogP contribution in [0.2, 0.25) is 0 Å². The van der Waals surface area contributed by atoms with Gasteiger partial charge in [-0.05, 0) is 19.4 Å². The van der Waals surface area contributed by atoms with E-state index in [1.54, 1.807) is 20.3 Å². The summed E-state index contributed by atoms with van der Waals surface area (Å²) in [6.45, 7) is 4.99. The number of nitrogens with one attached hydrogen (secondary N) is 1. The number of methoxy groups -OCH3 is 2. The Bertz CT molecular complexity index is 518. The number of nitrogens with zero attached hydrogens (tertiary/aromatic N) is 3. The monoisotopic (exact) mass is 338 g/mol. The maximum Gasteiger partial charge on any atom is 0.287 e. The van der Waals surface area contributed by atoms with Crippen LogP contribution in [0, 0.1) is 5.92 Å². The van der Waals surface area contributed by atoms with Gasteiger partial charge in [-0.25, -0.2) is 9.98 Å². The minimum absolute atomic E-state index is 0.0868. The highest BCUT2D eigenvalue weighted by Gasteiger charge is 2.32. The van der Waals surface area contributed by atoms with Crippen molar-refractivity contribution in [1.82, 2.24) is 10.2 Å². The molecule has 2 unspecified atom stereocenters. The van der Waals surface area contributed by atoms with Crippen molar-refractivity contribution in [2.45, 2.75) is 19.5 Å². The van der Waals surface area contributed by atoms with Crippen LogP contribution in [-0.2, 0) is 19.0 Å². The van der Waals surface area contributed by atoms with Crippen molar-refractivity contribution in [3.8, 4) is 0 Å². The number of rotatable bonds is 9. The Labute approximate surface area is 142 Å². The molecule has 2 heterocycles. The van der Waals surface area contributed by atoms with E-state index in [0.29, 0.717) is 38.1 Å². The molecule has 2 aliphatic rings. The lowest BCUT2D eigenvalue weighted by Crippen LogP contribution is -2.48. The molecule has 2 atom stereocenters. The van der Waals surface area contributed by atoms with Crippen molar-refractivity contribution in [3.63, 3.8) is 0 Å². The first-order valence-corrected chi connectivity index (χ1v) is 8.19. The first-order valence-electron chi connectivity index (χ1n) is 8.19. The predicted molar refractivity (Wildman–Crippen MR) is 91.0 cm³/mol. The van der Waals surface area contributed by atoms with Gasteiger partial charge in [0, 0.05) is 40.1 Å². The van der Waals surface area contributed by atoms with Gasteiger partial charge in [0.15, 0.2) is 5.76 Å². The molecule has 1 N–H and O–H groups in total. The number of ether oxygens (including phenoxy) is 3. The average Bonchev–Trinajstić information content (AvgIpc) is 2.58. The van der Waals surface area contributed by atoms with Crippen LogP contribution < -0.4 is 5.32 Å². The van der Waals surface area contributed by atoms with Gasteiger partial charge in [-0.2, -0.15) is 0 Å². The van der Waals surface area contributed by atoms with Crippen LogP contribution in [-0.4, -0.2) is 76.3 Å². The lowest BCUT2D eigenvalue weighted by molar-refractivity contribution is -0.122. The number of aliphatic imine (C=N–C) groups is 2. The normalized spacial score (nSPS) is 22.4. The summed E-state index contributed by atoms with van der Waals surface area (Å²) in [5.41, 5.74) is 0. The molecule has 0 radical (unpaired) electrons. The van der Waals surface area contributed by atoms with E-state index in [-0.39, 0.29) is 18.0 Å². The zero-order chi connectivity index (χ0) is 17.4. The molecule has 0 spiro atoms. The molecule has 134 valence electrons. The van der Waals surface area contributed by atoms with E-state index in [1.807, 2.05) is 18.0 Å². The van der Waals surface area contributed by atoms with Gasteiger partial charge in [-0.1, -0.05) is 0 Å². The summed E-state index contributed by atoms with van der Waals surface area (Å²) in [6.07, 6.45) is 4.11. The highest BCUT2D eigenvalue weighted by molar-refractivity contribution is 5.97. The molecular weight excluding hydrogens is 312 g/mol. The van der Waals surface area contributed by atoms with Crippen molar-refractivity contribution in [3.05, 3.63) is 11.8 Å². The fourth-order valence-corrected chi connectivity index (χ4v) is 2.54. The van der Waals surface area contributed by atoms with Gasteiger partial charge in [-0.15, -0.1) is 0 Å². The van der Waals surface area contributed by atoms with Crippen LogP contribution in [0.3, 0.4) is 0 Å². The summed E-state index contributed by atoms with van der Waals surface area (Å²) >= 11 is 0. The number of fused-ring (bicyclic) bond motifs is 1. The Hall–Kier alpha value is -1.93.